The fourth-order valence-corrected chi connectivity index (χ4v) is 1.78. The van der Waals surface area contributed by atoms with Gasteiger partial charge in [0.05, 0.1) is 11.0 Å². The summed E-state index contributed by atoms with van der Waals surface area (Å²) in [5.74, 6) is 1.01. The van der Waals surface area contributed by atoms with Crippen LogP contribution in [0.3, 0.4) is 0 Å². The summed E-state index contributed by atoms with van der Waals surface area (Å²) < 4.78 is 7.61. The molecule has 1 aromatic heterocycles. The second kappa shape index (κ2) is 5.87. The summed E-state index contributed by atoms with van der Waals surface area (Å²) in [4.78, 5) is 4.56. The number of imidazole rings is 1. The Morgan fingerprint density at radius 3 is 2.69 bits per heavy atom. The Labute approximate surface area is 102 Å². The van der Waals surface area contributed by atoms with E-state index in [9.17, 15) is 0 Å². The van der Waals surface area contributed by atoms with Crippen molar-refractivity contribution in [2.45, 2.75) is 27.0 Å². The number of benzene rings is 1. The molecule has 0 aliphatic carbocycles. The van der Waals surface area contributed by atoms with Crippen LogP contribution in [0, 0.1) is 0 Å². The maximum atomic E-state index is 5.41. The zero-order valence-corrected chi connectivity index (χ0v) is 10.5. The van der Waals surface area contributed by atoms with Gasteiger partial charge in [-0.15, -0.1) is 12.4 Å². The van der Waals surface area contributed by atoms with Gasteiger partial charge in [0.1, 0.15) is 12.4 Å². The highest BCUT2D eigenvalue weighted by Crippen LogP contribution is 2.16. The minimum Gasteiger partial charge on any atom is -0.374 e. The van der Waals surface area contributed by atoms with Gasteiger partial charge in [-0.3, -0.25) is 0 Å². The van der Waals surface area contributed by atoms with Crippen LogP contribution in [0.2, 0.25) is 0 Å². The lowest BCUT2D eigenvalue weighted by Crippen LogP contribution is -2.03. The van der Waals surface area contributed by atoms with E-state index in [1.165, 1.54) is 5.52 Å². The smallest absolute Gasteiger partial charge is 0.135 e. The first-order valence-corrected chi connectivity index (χ1v) is 5.38. The molecule has 4 heteroatoms. The molecule has 88 valence electrons. The van der Waals surface area contributed by atoms with Crippen LogP contribution in [0.15, 0.2) is 24.3 Å². The molecule has 0 bridgehead atoms. The monoisotopic (exact) mass is 240 g/mol. The molecule has 2 aromatic rings. The predicted molar refractivity (Wildman–Crippen MR) is 68.0 cm³/mol. The minimum absolute atomic E-state index is 0. The van der Waals surface area contributed by atoms with E-state index in [-0.39, 0.29) is 12.4 Å². The van der Waals surface area contributed by atoms with E-state index >= 15 is 0 Å². The number of halogens is 1. The second-order valence-electron chi connectivity index (χ2n) is 3.40. The molecular weight excluding hydrogens is 224 g/mol. The zero-order valence-electron chi connectivity index (χ0n) is 9.64. The summed E-state index contributed by atoms with van der Waals surface area (Å²) in [6.07, 6.45) is 0. The summed E-state index contributed by atoms with van der Waals surface area (Å²) in [5.41, 5.74) is 2.24. The van der Waals surface area contributed by atoms with Gasteiger partial charge in [0.15, 0.2) is 0 Å². The molecule has 1 heterocycles. The van der Waals surface area contributed by atoms with Crippen molar-refractivity contribution in [3.8, 4) is 0 Å². The highest BCUT2D eigenvalue weighted by atomic mass is 35.5. The summed E-state index contributed by atoms with van der Waals surface area (Å²) in [5, 5.41) is 0. The van der Waals surface area contributed by atoms with Crippen LogP contribution in [0.5, 0.6) is 0 Å². The number of nitrogens with zero attached hydrogens (tertiary/aromatic N) is 2. The predicted octanol–water partition coefficient (Wildman–Crippen LogP) is 3.01. The molecule has 1 aromatic carbocycles. The molecule has 0 radical (unpaired) electrons. The van der Waals surface area contributed by atoms with Gasteiger partial charge in [-0.05, 0) is 26.0 Å². The molecule has 0 aliphatic rings. The number of aryl methyl sites for hydroxylation is 1. The maximum Gasteiger partial charge on any atom is 0.135 e. The average Bonchev–Trinajstić information content (AvgIpc) is 2.63. The molecule has 0 amide bonds. The van der Waals surface area contributed by atoms with E-state index < -0.39 is 0 Å². The van der Waals surface area contributed by atoms with Crippen molar-refractivity contribution in [1.82, 2.24) is 9.55 Å². The number of hydrogen-bond donors (Lipinski definition) is 0. The highest BCUT2D eigenvalue weighted by Gasteiger charge is 2.07. The van der Waals surface area contributed by atoms with Crippen LogP contribution >= 0.6 is 12.4 Å². The van der Waals surface area contributed by atoms with Crippen LogP contribution in [0.1, 0.15) is 19.7 Å². The molecule has 0 saturated heterocycles. The Morgan fingerprint density at radius 1 is 1.25 bits per heavy atom. The van der Waals surface area contributed by atoms with Crippen molar-refractivity contribution in [3.63, 3.8) is 0 Å². The van der Waals surface area contributed by atoms with Crippen LogP contribution in [-0.2, 0) is 17.9 Å². The van der Waals surface area contributed by atoms with Crippen molar-refractivity contribution in [1.29, 1.82) is 0 Å². The number of ether oxygens (including phenoxy) is 1. The lowest BCUT2D eigenvalue weighted by molar-refractivity contribution is 0.126. The van der Waals surface area contributed by atoms with Gasteiger partial charge in [0, 0.05) is 13.2 Å². The summed E-state index contributed by atoms with van der Waals surface area (Å²) >= 11 is 0. The highest BCUT2D eigenvalue weighted by molar-refractivity contribution is 5.85. The maximum absolute atomic E-state index is 5.41. The lowest BCUT2D eigenvalue weighted by atomic mass is 10.3. The molecule has 0 unspecified atom stereocenters. The summed E-state index contributed by atoms with van der Waals surface area (Å²) in [6, 6.07) is 8.19. The first kappa shape index (κ1) is 13.0. The third-order valence-electron chi connectivity index (χ3n) is 2.49. The number of hydrogen-bond acceptors (Lipinski definition) is 2. The van der Waals surface area contributed by atoms with E-state index in [0.29, 0.717) is 6.61 Å². The van der Waals surface area contributed by atoms with Crippen molar-refractivity contribution in [3.05, 3.63) is 30.1 Å². The third-order valence-corrected chi connectivity index (χ3v) is 2.49. The van der Waals surface area contributed by atoms with Gasteiger partial charge >= 0.3 is 0 Å². The fraction of sp³-hybridized carbons (Fsp3) is 0.417. The van der Waals surface area contributed by atoms with Crippen LogP contribution in [0.25, 0.3) is 11.0 Å². The van der Waals surface area contributed by atoms with Gasteiger partial charge in [-0.25, -0.2) is 4.98 Å². The van der Waals surface area contributed by atoms with Gasteiger partial charge in [-0.2, -0.15) is 0 Å². The SMILES string of the molecule is CCOCc1nc2ccccc2n1CC.Cl. The lowest BCUT2D eigenvalue weighted by Gasteiger charge is -2.05. The Bertz CT molecular complexity index is 453. The van der Waals surface area contributed by atoms with Gasteiger partial charge in [0.2, 0.25) is 0 Å². The Balaban J connectivity index is 0.00000128. The Morgan fingerprint density at radius 2 is 2.00 bits per heavy atom. The topological polar surface area (TPSA) is 27.1 Å². The van der Waals surface area contributed by atoms with Crippen molar-refractivity contribution < 1.29 is 4.74 Å². The Kier molecular flexibility index (Phi) is 4.77. The van der Waals surface area contributed by atoms with Crippen LogP contribution < -0.4 is 0 Å². The zero-order chi connectivity index (χ0) is 10.7. The first-order chi connectivity index (χ1) is 7.36. The van der Waals surface area contributed by atoms with Gasteiger partial charge < -0.3 is 9.30 Å². The first-order valence-electron chi connectivity index (χ1n) is 5.38. The molecule has 0 spiro atoms. The number of aromatic nitrogens is 2. The second-order valence-corrected chi connectivity index (χ2v) is 3.40. The largest absolute Gasteiger partial charge is 0.374 e. The molecule has 0 saturated carbocycles. The number of para-hydroxylation sites is 2. The standard InChI is InChI=1S/C12H16N2O.ClH/c1-3-14-11-8-6-5-7-10(11)13-12(14)9-15-4-2;/h5-8H,3-4,9H2,1-2H3;1H. The van der Waals surface area contributed by atoms with Crippen LogP contribution in [0.4, 0.5) is 0 Å². The molecular formula is C12H17ClN2O. The molecule has 0 aliphatic heterocycles. The molecule has 16 heavy (non-hydrogen) atoms. The summed E-state index contributed by atoms with van der Waals surface area (Å²) in [7, 11) is 0. The third kappa shape index (κ3) is 2.36. The summed E-state index contributed by atoms with van der Waals surface area (Å²) in [6.45, 7) is 6.39. The molecule has 0 N–H and O–H groups in total. The van der Waals surface area contributed by atoms with Gasteiger partial charge in [-0.1, -0.05) is 12.1 Å². The fourth-order valence-electron chi connectivity index (χ4n) is 1.78. The molecule has 2 rings (SSSR count). The van der Waals surface area contributed by atoms with E-state index in [4.69, 9.17) is 4.74 Å². The van der Waals surface area contributed by atoms with E-state index in [0.717, 1.165) is 24.5 Å². The average molecular weight is 241 g/mol. The van der Waals surface area contributed by atoms with E-state index in [1.807, 2.05) is 25.1 Å². The molecule has 0 atom stereocenters. The number of fused-ring (bicyclic) bond motifs is 1. The van der Waals surface area contributed by atoms with Crippen molar-refractivity contribution >= 4 is 23.4 Å². The Hall–Kier alpha value is -1.06. The van der Waals surface area contributed by atoms with Crippen LogP contribution in [-0.4, -0.2) is 16.2 Å². The number of rotatable bonds is 4. The van der Waals surface area contributed by atoms with Gasteiger partial charge in [0.25, 0.3) is 0 Å². The normalized spacial score (nSPS) is 10.4. The quantitative estimate of drug-likeness (QED) is 0.822. The molecule has 3 nitrogen and oxygen atoms in total. The minimum atomic E-state index is 0. The van der Waals surface area contributed by atoms with E-state index in [2.05, 4.69) is 22.5 Å². The molecule has 0 fully saturated rings. The van der Waals surface area contributed by atoms with Crippen molar-refractivity contribution in [2.75, 3.05) is 6.61 Å². The van der Waals surface area contributed by atoms with Crippen molar-refractivity contribution in [2.24, 2.45) is 0 Å². The van der Waals surface area contributed by atoms with E-state index in [1.54, 1.807) is 0 Å².